The van der Waals surface area contributed by atoms with E-state index in [1.165, 1.54) is 11.3 Å². The zero-order chi connectivity index (χ0) is 16.8. The standard InChI is InChI=1S/C16H16BrNO4S/c1-22-13-5-3-2-4-10(13)6-11(16(20)21)8-18-15(19)12-7-14(17)23-9-12/h2-5,7,9,11H,6,8H2,1H3,(H,18,19)(H,20,21). The van der Waals surface area contributed by atoms with Crippen LogP contribution in [0.5, 0.6) is 5.75 Å². The summed E-state index contributed by atoms with van der Waals surface area (Å²) in [6.45, 7) is 0.0552. The molecular formula is C16H16BrNO4S. The van der Waals surface area contributed by atoms with E-state index in [0.717, 1.165) is 9.35 Å². The Balaban J connectivity index is 2.02. The van der Waals surface area contributed by atoms with Crippen LogP contribution >= 0.6 is 27.3 Å². The Bertz CT molecular complexity index is 701. The molecule has 2 aromatic rings. The molecule has 0 saturated heterocycles. The highest BCUT2D eigenvalue weighted by Crippen LogP contribution is 2.22. The van der Waals surface area contributed by atoms with Gasteiger partial charge in [0.2, 0.25) is 0 Å². The molecule has 0 spiro atoms. The first kappa shape index (κ1) is 17.5. The van der Waals surface area contributed by atoms with Crippen LogP contribution in [-0.2, 0) is 11.2 Å². The van der Waals surface area contributed by atoms with Gasteiger partial charge in [-0.25, -0.2) is 0 Å². The first-order valence-electron chi connectivity index (χ1n) is 6.88. The Morgan fingerprint density at radius 1 is 1.39 bits per heavy atom. The molecule has 1 amide bonds. The van der Waals surface area contributed by atoms with E-state index in [0.29, 0.717) is 11.3 Å². The van der Waals surface area contributed by atoms with Gasteiger partial charge in [0, 0.05) is 11.9 Å². The fourth-order valence-corrected chi connectivity index (χ4v) is 3.27. The Hall–Kier alpha value is -1.86. The maximum atomic E-state index is 12.0. The number of halogens is 1. The fourth-order valence-electron chi connectivity index (χ4n) is 2.13. The summed E-state index contributed by atoms with van der Waals surface area (Å²) in [5.41, 5.74) is 1.32. The Morgan fingerprint density at radius 3 is 2.74 bits per heavy atom. The summed E-state index contributed by atoms with van der Waals surface area (Å²) in [5, 5.41) is 13.8. The molecule has 0 saturated carbocycles. The monoisotopic (exact) mass is 397 g/mol. The molecule has 1 unspecified atom stereocenters. The van der Waals surface area contributed by atoms with Crippen molar-refractivity contribution in [3.63, 3.8) is 0 Å². The summed E-state index contributed by atoms with van der Waals surface area (Å²) in [5.74, 6) is -1.31. The number of carbonyl (C=O) groups is 2. The van der Waals surface area contributed by atoms with E-state index in [-0.39, 0.29) is 18.9 Å². The van der Waals surface area contributed by atoms with Crippen LogP contribution in [0.4, 0.5) is 0 Å². The first-order chi connectivity index (χ1) is 11.0. The van der Waals surface area contributed by atoms with Gasteiger partial charge in [0.05, 0.1) is 22.4 Å². The molecule has 1 aromatic carbocycles. The van der Waals surface area contributed by atoms with Gasteiger partial charge in [-0.2, -0.15) is 0 Å². The van der Waals surface area contributed by atoms with Crippen molar-refractivity contribution in [2.45, 2.75) is 6.42 Å². The second-order valence-electron chi connectivity index (χ2n) is 4.90. The van der Waals surface area contributed by atoms with Gasteiger partial charge < -0.3 is 15.2 Å². The number of para-hydroxylation sites is 1. The highest BCUT2D eigenvalue weighted by atomic mass is 79.9. The summed E-state index contributed by atoms with van der Waals surface area (Å²) in [4.78, 5) is 23.5. The lowest BCUT2D eigenvalue weighted by Gasteiger charge is -2.15. The summed E-state index contributed by atoms with van der Waals surface area (Å²) in [6.07, 6.45) is 0.285. The van der Waals surface area contributed by atoms with Crippen molar-refractivity contribution in [1.29, 1.82) is 0 Å². The van der Waals surface area contributed by atoms with Crippen LogP contribution in [0.2, 0.25) is 0 Å². The lowest BCUT2D eigenvalue weighted by Crippen LogP contribution is -2.34. The number of nitrogens with one attached hydrogen (secondary N) is 1. The van der Waals surface area contributed by atoms with Crippen LogP contribution in [0.25, 0.3) is 0 Å². The molecule has 1 atom stereocenters. The minimum absolute atomic E-state index is 0.0552. The third kappa shape index (κ3) is 4.80. The molecule has 0 aliphatic carbocycles. The van der Waals surface area contributed by atoms with Crippen LogP contribution in [-0.4, -0.2) is 30.6 Å². The molecule has 2 N–H and O–H groups in total. The highest BCUT2D eigenvalue weighted by Gasteiger charge is 2.21. The predicted octanol–water partition coefficient (Wildman–Crippen LogP) is 3.19. The van der Waals surface area contributed by atoms with Crippen LogP contribution in [0.15, 0.2) is 39.5 Å². The molecule has 1 aromatic heterocycles. The maximum Gasteiger partial charge on any atom is 0.308 e. The van der Waals surface area contributed by atoms with Crippen molar-refractivity contribution >= 4 is 39.1 Å². The number of hydrogen-bond donors (Lipinski definition) is 2. The van der Waals surface area contributed by atoms with Crippen molar-refractivity contribution < 1.29 is 19.4 Å². The van der Waals surface area contributed by atoms with Crippen LogP contribution in [0.1, 0.15) is 15.9 Å². The van der Waals surface area contributed by atoms with E-state index in [2.05, 4.69) is 21.2 Å². The Kier molecular flexibility index (Phi) is 6.18. The van der Waals surface area contributed by atoms with E-state index < -0.39 is 11.9 Å². The summed E-state index contributed by atoms with van der Waals surface area (Å²) < 4.78 is 6.09. The van der Waals surface area contributed by atoms with Gasteiger partial charge >= 0.3 is 5.97 Å². The quantitative estimate of drug-likeness (QED) is 0.751. The first-order valence-corrected chi connectivity index (χ1v) is 8.55. The van der Waals surface area contributed by atoms with Gasteiger partial charge in [-0.05, 0) is 40.0 Å². The molecule has 2 rings (SSSR count). The molecule has 1 heterocycles. The van der Waals surface area contributed by atoms with Gasteiger partial charge in [-0.3, -0.25) is 9.59 Å². The fraction of sp³-hybridized carbons (Fsp3) is 0.250. The molecule has 0 aliphatic heterocycles. The molecule has 0 bridgehead atoms. The molecule has 0 radical (unpaired) electrons. The summed E-state index contributed by atoms with van der Waals surface area (Å²) >= 11 is 4.70. The molecule has 0 fully saturated rings. The van der Waals surface area contributed by atoms with Gasteiger partial charge in [-0.15, -0.1) is 11.3 Å². The van der Waals surface area contributed by atoms with Crippen LogP contribution < -0.4 is 10.1 Å². The Labute approximate surface area is 146 Å². The van der Waals surface area contributed by atoms with E-state index in [1.54, 1.807) is 24.6 Å². The number of hydrogen-bond acceptors (Lipinski definition) is 4. The number of carbonyl (C=O) groups excluding carboxylic acids is 1. The van der Waals surface area contributed by atoms with E-state index >= 15 is 0 Å². The number of rotatable bonds is 7. The molecule has 7 heteroatoms. The molecule has 122 valence electrons. The average Bonchev–Trinajstić information content (AvgIpc) is 2.97. The van der Waals surface area contributed by atoms with Gasteiger partial charge in [0.25, 0.3) is 5.91 Å². The zero-order valence-corrected chi connectivity index (χ0v) is 14.8. The Morgan fingerprint density at radius 2 is 2.13 bits per heavy atom. The van der Waals surface area contributed by atoms with Crippen molar-refractivity contribution in [1.82, 2.24) is 5.32 Å². The highest BCUT2D eigenvalue weighted by molar-refractivity contribution is 9.11. The van der Waals surface area contributed by atoms with Gasteiger partial charge in [-0.1, -0.05) is 18.2 Å². The number of carboxylic acid groups (broad SMARTS) is 1. The summed E-state index contributed by atoms with van der Waals surface area (Å²) in [7, 11) is 1.55. The summed E-state index contributed by atoms with van der Waals surface area (Å²) in [6, 6.07) is 8.98. The van der Waals surface area contributed by atoms with Crippen molar-refractivity contribution in [3.05, 3.63) is 50.6 Å². The van der Waals surface area contributed by atoms with Gasteiger partial charge in [0.1, 0.15) is 5.75 Å². The smallest absolute Gasteiger partial charge is 0.308 e. The van der Waals surface area contributed by atoms with E-state index in [9.17, 15) is 14.7 Å². The average molecular weight is 398 g/mol. The predicted molar refractivity (Wildman–Crippen MR) is 92.2 cm³/mol. The number of benzene rings is 1. The third-order valence-corrected chi connectivity index (χ3v) is 4.85. The maximum absolute atomic E-state index is 12.0. The third-order valence-electron chi connectivity index (χ3n) is 3.35. The van der Waals surface area contributed by atoms with Crippen molar-refractivity contribution in [2.24, 2.45) is 5.92 Å². The molecule has 0 aliphatic rings. The lowest BCUT2D eigenvalue weighted by atomic mass is 9.98. The number of aliphatic carboxylic acids is 1. The van der Waals surface area contributed by atoms with Crippen molar-refractivity contribution in [3.8, 4) is 5.75 Å². The molecule has 23 heavy (non-hydrogen) atoms. The zero-order valence-electron chi connectivity index (χ0n) is 12.4. The van der Waals surface area contributed by atoms with Crippen LogP contribution in [0.3, 0.4) is 0 Å². The topological polar surface area (TPSA) is 75.6 Å². The van der Waals surface area contributed by atoms with Crippen molar-refractivity contribution in [2.75, 3.05) is 13.7 Å². The van der Waals surface area contributed by atoms with E-state index in [4.69, 9.17) is 4.74 Å². The largest absolute Gasteiger partial charge is 0.496 e. The number of ether oxygens (including phenoxy) is 1. The SMILES string of the molecule is COc1ccccc1CC(CNC(=O)c1csc(Br)c1)C(=O)O. The van der Waals surface area contributed by atoms with Crippen LogP contribution in [0, 0.1) is 5.92 Å². The number of carboxylic acids is 1. The van der Waals surface area contributed by atoms with E-state index in [1.807, 2.05) is 18.2 Å². The second-order valence-corrected chi connectivity index (χ2v) is 7.19. The molecular weight excluding hydrogens is 382 g/mol. The minimum atomic E-state index is -0.956. The molecule has 5 nitrogen and oxygen atoms in total. The lowest BCUT2D eigenvalue weighted by molar-refractivity contribution is -0.141. The number of methoxy groups -OCH3 is 1. The number of amides is 1. The minimum Gasteiger partial charge on any atom is -0.496 e. The number of thiophene rings is 1. The van der Waals surface area contributed by atoms with Gasteiger partial charge in [0.15, 0.2) is 0 Å². The second kappa shape index (κ2) is 8.12. The normalized spacial score (nSPS) is 11.7.